The Labute approximate surface area is 122 Å². The van der Waals surface area contributed by atoms with Crippen LogP contribution in [0.25, 0.3) is 0 Å². The van der Waals surface area contributed by atoms with Gasteiger partial charge in [0.25, 0.3) is 0 Å². The van der Waals surface area contributed by atoms with Gasteiger partial charge in [0, 0.05) is 25.0 Å². The molecule has 1 rings (SSSR count). The van der Waals surface area contributed by atoms with Crippen LogP contribution in [0.1, 0.15) is 32.1 Å². The van der Waals surface area contributed by atoms with E-state index in [2.05, 4.69) is 11.2 Å². The van der Waals surface area contributed by atoms with Gasteiger partial charge in [0.1, 0.15) is 0 Å². The lowest BCUT2D eigenvalue weighted by Crippen LogP contribution is -2.46. The van der Waals surface area contributed by atoms with Crippen LogP contribution in [0.3, 0.4) is 0 Å². The standard InChI is InChI=1S/C14H21F3N2O2/c1-2-3-9-21-10-8-18-11-4-6-12(7-5-11)19-13(20)14(15,16)17/h1,11-12,18H,3-10H2,(H,19,20)/t11-,12-. The van der Waals surface area contributed by atoms with E-state index in [4.69, 9.17) is 11.2 Å². The second-order valence-electron chi connectivity index (χ2n) is 5.04. The highest BCUT2D eigenvalue weighted by molar-refractivity contribution is 5.81. The Kier molecular flexibility index (Phi) is 7.54. The van der Waals surface area contributed by atoms with Crippen molar-refractivity contribution in [3.63, 3.8) is 0 Å². The number of alkyl halides is 3. The van der Waals surface area contributed by atoms with E-state index < -0.39 is 12.1 Å². The third kappa shape index (κ3) is 7.34. The van der Waals surface area contributed by atoms with Crippen LogP contribution in [0.5, 0.6) is 0 Å². The van der Waals surface area contributed by atoms with Gasteiger partial charge < -0.3 is 15.4 Å². The summed E-state index contributed by atoms with van der Waals surface area (Å²) < 4.78 is 41.7. The molecule has 1 amide bonds. The molecule has 1 aliphatic rings. The summed E-state index contributed by atoms with van der Waals surface area (Å²) in [6.07, 6.45) is 3.47. The molecule has 0 aromatic rings. The zero-order chi connectivity index (χ0) is 15.7. The van der Waals surface area contributed by atoms with Crippen LogP contribution < -0.4 is 10.6 Å². The van der Waals surface area contributed by atoms with Gasteiger partial charge in [-0.3, -0.25) is 4.79 Å². The Morgan fingerprint density at radius 3 is 2.38 bits per heavy atom. The van der Waals surface area contributed by atoms with Gasteiger partial charge in [0.15, 0.2) is 0 Å². The van der Waals surface area contributed by atoms with Crippen molar-refractivity contribution in [2.45, 2.75) is 50.4 Å². The molecule has 0 spiro atoms. The van der Waals surface area contributed by atoms with Crippen molar-refractivity contribution in [1.29, 1.82) is 0 Å². The molecule has 0 saturated heterocycles. The molecule has 0 heterocycles. The molecule has 1 aliphatic carbocycles. The van der Waals surface area contributed by atoms with Gasteiger partial charge >= 0.3 is 12.1 Å². The van der Waals surface area contributed by atoms with E-state index in [0.29, 0.717) is 39.0 Å². The molecule has 1 saturated carbocycles. The minimum Gasteiger partial charge on any atom is -0.379 e. The van der Waals surface area contributed by atoms with Crippen molar-refractivity contribution in [3.05, 3.63) is 0 Å². The highest BCUT2D eigenvalue weighted by Crippen LogP contribution is 2.21. The van der Waals surface area contributed by atoms with Gasteiger partial charge in [-0.2, -0.15) is 13.2 Å². The fraction of sp³-hybridized carbons (Fsp3) is 0.786. The summed E-state index contributed by atoms with van der Waals surface area (Å²) in [5.74, 6) is 0.633. The van der Waals surface area contributed by atoms with Crippen LogP contribution >= 0.6 is 0 Å². The summed E-state index contributed by atoms with van der Waals surface area (Å²) in [5.41, 5.74) is 0. The molecule has 0 aromatic heterocycles. The van der Waals surface area contributed by atoms with Crippen molar-refractivity contribution >= 4 is 5.91 Å². The Morgan fingerprint density at radius 2 is 1.81 bits per heavy atom. The van der Waals surface area contributed by atoms with E-state index in [9.17, 15) is 18.0 Å². The van der Waals surface area contributed by atoms with Crippen LogP contribution in [0, 0.1) is 12.3 Å². The number of carbonyl (C=O) groups is 1. The fourth-order valence-corrected chi connectivity index (χ4v) is 2.28. The summed E-state index contributed by atoms with van der Waals surface area (Å²) in [4.78, 5) is 10.8. The Bertz CT molecular complexity index is 358. The maximum atomic E-state index is 12.1. The first-order chi connectivity index (χ1) is 9.93. The smallest absolute Gasteiger partial charge is 0.379 e. The molecular formula is C14H21F3N2O2. The molecule has 0 unspecified atom stereocenters. The molecule has 0 aromatic carbocycles. The van der Waals surface area contributed by atoms with E-state index in [1.54, 1.807) is 0 Å². The second kappa shape index (κ2) is 8.90. The first kappa shape index (κ1) is 17.8. The SMILES string of the molecule is C#CCCOCCN[C@H]1CC[C@H](NC(=O)C(F)(F)F)CC1. The summed E-state index contributed by atoms with van der Waals surface area (Å²) >= 11 is 0. The highest BCUT2D eigenvalue weighted by atomic mass is 19.4. The Balaban J connectivity index is 2.10. The Hall–Kier alpha value is -1.26. The number of carbonyl (C=O) groups excluding carboxylic acids is 1. The average Bonchev–Trinajstić information content (AvgIpc) is 2.43. The number of amides is 1. The van der Waals surface area contributed by atoms with Crippen LogP contribution in [-0.2, 0) is 9.53 Å². The van der Waals surface area contributed by atoms with E-state index >= 15 is 0 Å². The van der Waals surface area contributed by atoms with Gasteiger partial charge in [-0.15, -0.1) is 12.3 Å². The molecule has 7 heteroatoms. The van der Waals surface area contributed by atoms with Gasteiger partial charge in [-0.25, -0.2) is 0 Å². The zero-order valence-corrected chi connectivity index (χ0v) is 11.8. The first-order valence-electron chi connectivity index (χ1n) is 7.05. The lowest BCUT2D eigenvalue weighted by atomic mass is 9.91. The van der Waals surface area contributed by atoms with Crippen LogP contribution in [-0.4, -0.2) is 43.9 Å². The van der Waals surface area contributed by atoms with Crippen LogP contribution in [0.2, 0.25) is 0 Å². The number of hydrogen-bond donors (Lipinski definition) is 2. The minimum atomic E-state index is -4.80. The van der Waals surface area contributed by atoms with E-state index in [1.807, 2.05) is 5.32 Å². The first-order valence-corrected chi connectivity index (χ1v) is 7.05. The van der Waals surface area contributed by atoms with E-state index in [0.717, 1.165) is 12.8 Å². The maximum absolute atomic E-state index is 12.1. The molecule has 0 bridgehead atoms. The number of hydrogen-bond acceptors (Lipinski definition) is 3. The van der Waals surface area contributed by atoms with Crippen molar-refractivity contribution in [3.8, 4) is 12.3 Å². The molecule has 0 radical (unpaired) electrons. The molecule has 21 heavy (non-hydrogen) atoms. The molecule has 1 fully saturated rings. The molecule has 0 atom stereocenters. The normalized spacial score (nSPS) is 22.6. The molecule has 2 N–H and O–H groups in total. The second-order valence-corrected chi connectivity index (χ2v) is 5.04. The molecule has 4 nitrogen and oxygen atoms in total. The van der Waals surface area contributed by atoms with Gasteiger partial charge in [-0.05, 0) is 25.7 Å². The minimum absolute atomic E-state index is 0.264. The fourth-order valence-electron chi connectivity index (χ4n) is 2.28. The number of ether oxygens (including phenoxy) is 1. The third-order valence-corrected chi connectivity index (χ3v) is 3.39. The predicted octanol–water partition coefficient (Wildman–Crippen LogP) is 1.61. The number of nitrogens with one attached hydrogen (secondary N) is 2. The number of terminal acetylenes is 1. The van der Waals surface area contributed by atoms with Gasteiger partial charge in [-0.1, -0.05) is 0 Å². The summed E-state index contributed by atoms with van der Waals surface area (Å²) in [5, 5.41) is 5.33. The highest BCUT2D eigenvalue weighted by Gasteiger charge is 2.40. The quantitative estimate of drug-likeness (QED) is 0.555. The number of rotatable bonds is 7. The largest absolute Gasteiger partial charge is 0.471 e. The predicted molar refractivity (Wildman–Crippen MR) is 72.5 cm³/mol. The van der Waals surface area contributed by atoms with E-state index in [1.165, 1.54) is 0 Å². The Morgan fingerprint density at radius 1 is 1.19 bits per heavy atom. The van der Waals surface area contributed by atoms with Crippen LogP contribution in [0.4, 0.5) is 13.2 Å². The van der Waals surface area contributed by atoms with Crippen molar-refractivity contribution in [2.24, 2.45) is 0 Å². The summed E-state index contributed by atoms with van der Waals surface area (Å²) in [7, 11) is 0. The van der Waals surface area contributed by atoms with Crippen molar-refractivity contribution < 1.29 is 22.7 Å². The average molecular weight is 306 g/mol. The lowest BCUT2D eigenvalue weighted by Gasteiger charge is -2.30. The van der Waals surface area contributed by atoms with Crippen LogP contribution in [0.15, 0.2) is 0 Å². The topological polar surface area (TPSA) is 50.4 Å². The third-order valence-electron chi connectivity index (χ3n) is 3.39. The number of halogens is 3. The summed E-state index contributed by atoms with van der Waals surface area (Å²) in [6, 6.07) is -0.121. The molecular weight excluding hydrogens is 285 g/mol. The van der Waals surface area contributed by atoms with Gasteiger partial charge in [0.05, 0.1) is 13.2 Å². The summed E-state index contributed by atoms with van der Waals surface area (Å²) in [6.45, 7) is 1.79. The zero-order valence-electron chi connectivity index (χ0n) is 11.8. The van der Waals surface area contributed by atoms with Crippen molar-refractivity contribution in [2.75, 3.05) is 19.8 Å². The van der Waals surface area contributed by atoms with Crippen molar-refractivity contribution in [1.82, 2.24) is 10.6 Å². The molecule has 120 valence electrons. The maximum Gasteiger partial charge on any atom is 0.471 e. The lowest BCUT2D eigenvalue weighted by molar-refractivity contribution is -0.174. The molecule has 0 aliphatic heterocycles. The van der Waals surface area contributed by atoms with E-state index in [-0.39, 0.29) is 12.1 Å². The van der Waals surface area contributed by atoms with Gasteiger partial charge in [0.2, 0.25) is 0 Å². The monoisotopic (exact) mass is 306 g/mol.